The van der Waals surface area contributed by atoms with Crippen LogP contribution in [0.2, 0.25) is 0 Å². The Morgan fingerprint density at radius 2 is 1.88 bits per heavy atom. The first kappa shape index (κ1) is 16.5. The van der Waals surface area contributed by atoms with Gasteiger partial charge in [0, 0.05) is 5.39 Å². The van der Waals surface area contributed by atoms with Crippen LogP contribution < -0.4 is 14.2 Å². The third-order valence-electron chi connectivity index (χ3n) is 4.64. The Bertz CT molecular complexity index is 995. The summed E-state index contributed by atoms with van der Waals surface area (Å²) in [5, 5.41) is 31.6. The van der Waals surface area contributed by atoms with E-state index in [1.165, 1.54) is 7.11 Å². The summed E-state index contributed by atoms with van der Waals surface area (Å²) >= 11 is 0. The van der Waals surface area contributed by atoms with Gasteiger partial charge in [-0.1, -0.05) is 12.1 Å². The van der Waals surface area contributed by atoms with E-state index in [1.807, 2.05) is 18.2 Å². The summed E-state index contributed by atoms with van der Waals surface area (Å²) in [7, 11) is 1.48. The van der Waals surface area contributed by atoms with Gasteiger partial charge in [0.15, 0.2) is 23.0 Å². The van der Waals surface area contributed by atoms with Gasteiger partial charge >= 0.3 is 0 Å². The standard InChI is InChI=1S/C20H18O6/c1-24-16-4-2-12(7-15(16)23)18-14(9-22)13(8-21)6-11-3-5-17-20(19(11)18)26-10-25-17/h2-7,21-23H,8-10H2,1H3. The SMILES string of the molecule is COc1ccc(-c2c(CO)c(CO)cc3ccc4c(c23)OCO4)cc1O. The highest BCUT2D eigenvalue weighted by molar-refractivity contribution is 6.05. The molecule has 0 saturated carbocycles. The third kappa shape index (κ3) is 2.42. The number of phenolic OH excluding ortho intramolecular Hbond substituents is 1. The molecule has 0 bridgehead atoms. The molecule has 0 amide bonds. The fourth-order valence-electron chi connectivity index (χ4n) is 3.44. The van der Waals surface area contributed by atoms with E-state index in [0.717, 1.165) is 10.8 Å². The zero-order valence-corrected chi connectivity index (χ0v) is 14.2. The molecule has 26 heavy (non-hydrogen) atoms. The Balaban J connectivity index is 2.11. The van der Waals surface area contributed by atoms with E-state index in [9.17, 15) is 15.3 Å². The summed E-state index contributed by atoms with van der Waals surface area (Å²) in [5.41, 5.74) is 2.56. The van der Waals surface area contributed by atoms with Crippen molar-refractivity contribution in [3.8, 4) is 34.1 Å². The molecule has 0 spiro atoms. The second-order valence-electron chi connectivity index (χ2n) is 5.99. The summed E-state index contributed by atoms with van der Waals surface area (Å²) < 4.78 is 16.3. The average Bonchev–Trinajstić information content (AvgIpc) is 3.15. The van der Waals surface area contributed by atoms with Gasteiger partial charge < -0.3 is 29.5 Å². The van der Waals surface area contributed by atoms with Crippen molar-refractivity contribution in [2.45, 2.75) is 13.2 Å². The number of hydrogen-bond acceptors (Lipinski definition) is 6. The number of aliphatic hydroxyl groups excluding tert-OH is 2. The van der Waals surface area contributed by atoms with E-state index in [-0.39, 0.29) is 25.8 Å². The second-order valence-corrected chi connectivity index (χ2v) is 5.99. The van der Waals surface area contributed by atoms with Gasteiger partial charge in [-0.05, 0) is 51.9 Å². The van der Waals surface area contributed by atoms with Crippen LogP contribution in [0.3, 0.4) is 0 Å². The predicted octanol–water partition coefficient (Wildman–Crippen LogP) is 2.93. The molecular formula is C20H18O6. The molecule has 1 aliphatic rings. The quantitative estimate of drug-likeness (QED) is 0.668. The minimum atomic E-state index is -0.265. The Kier molecular flexibility index (Phi) is 4.06. The molecule has 0 atom stereocenters. The topological polar surface area (TPSA) is 88.4 Å². The molecule has 4 rings (SSSR count). The monoisotopic (exact) mass is 354 g/mol. The van der Waals surface area contributed by atoms with Crippen molar-refractivity contribution in [1.29, 1.82) is 0 Å². The molecule has 1 aliphatic heterocycles. The molecule has 6 nitrogen and oxygen atoms in total. The molecule has 0 unspecified atom stereocenters. The number of hydrogen-bond donors (Lipinski definition) is 3. The zero-order valence-electron chi connectivity index (χ0n) is 14.2. The normalized spacial score (nSPS) is 12.6. The van der Waals surface area contributed by atoms with Gasteiger partial charge in [0.25, 0.3) is 0 Å². The molecule has 0 saturated heterocycles. The molecule has 134 valence electrons. The Labute approximate surface area is 149 Å². The number of aromatic hydroxyl groups is 1. The van der Waals surface area contributed by atoms with Crippen molar-refractivity contribution in [3.05, 3.63) is 47.5 Å². The third-order valence-corrected chi connectivity index (χ3v) is 4.64. The van der Waals surface area contributed by atoms with Crippen molar-refractivity contribution < 1.29 is 29.5 Å². The molecule has 3 aromatic rings. The van der Waals surface area contributed by atoms with E-state index in [0.29, 0.717) is 39.5 Å². The van der Waals surface area contributed by atoms with Gasteiger partial charge in [-0.3, -0.25) is 0 Å². The summed E-state index contributed by atoms with van der Waals surface area (Å²) in [6.45, 7) is -0.355. The van der Waals surface area contributed by atoms with Gasteiger partial charge in [-0.25, -0.2) is 0 Å². The van der Waals surface area contributed by atoms with Crippen LogP contribution >= 0.6 is 0 Å². The van der Waals surface area contributed by atoms with Crippen LogP contribution in [0.1, 0.15) is 11.1 Å². The lowest BCUT2D eigenvalue weighted by molar-refractivity contribution is 0.175. The lowest BCUT2D eigenvalue weighted by Crippen LogP contribution is -2.00. The number of aliphatic hydroxyl groups is 2. The molecule has 0 fully saturated rings. The summed E-state index contributed by atoms with van der Waals surface area (Å²) in [4.78, 5) is 0. The van der Waals surface area contributed by atoms with Crippen LogP contribution in [0.25, 0.3) is 21.9 Å². The highest BCUT2D eigenvalue weighted by Gasteiger charge is 2.23. The highest BCUT2D eigenvalue weighted by Crippen LogP contribution is 2.47. The van der Waals surface area contributed by atoms with E-state index >= 15 is 0 Å². The molecular weight excluding hydrogens is 336 g/mol. The summed E-state index contributed by atoms with van der Waals surface area (Å²) in [5.74, 6) is 1.55. The number of rotatable bonds is 4. The number of benzene rings is 3. The van der Waals surface area contributed by atoms with Crippen LogP contribution in [-0.4, -0.2) is 29.2 Å². The predicted molar refractivity (Wildman–Crippen MR) is 95.6 cm³/mol. The molecule has 3 aromatic carbocycles. The Hall–Kier alpha value is -2.96. The maximum atomic E-state index is 10.2. The maximum absolute atomic E-state index is 10.2. The molecule has 0 aliphatic carbocycles. The summed E-state index contributed by atoms with van der Waals surface area (Å²) in [6.07, 6.45) is 0. The van der Waals surface area contributed by atoms with E-state index in [1.54, 1.807) is 18.2 Å². The van der Waals surface area contributed by atoms with Crippen LogP contribution in [0.5, 0.6) is 23.0 Å². The van der Waals surface area contributed by atoms with Crippen molar-refractivity contribution >= 4 is 10.8 Å². The van der Waals surface area contributed by atoms with E-state index in [2.05, 4.69) is 0 Å². The van der Waals surface area contributed by atoms with Gasteiger partial charge in [0.05, 0.1) is 20.3 Å². The first-order valence-corrected chi connectivity index (χ1v) is 8.14. The lowest BCUT2D eigenvalue weighted by atomic mass is 9.89. The number of methoxy groups -OCH3 is 1. The van der Waals surface area contributed by atoms with Gasteiger partial charge in [0.2, 0.25) is 6.79 Å². The molecule has 0 radical (unpaired) electrons. The molecule has 6 heteroatoms. The number of ether oxygens (including phenoxy) is 3. The fourth-order valence-corrected chi connectivity index (χ4v) is 3.44. The first-order valence-electron chi connectivity index (χ1n) is 8.14. The van der Waals surface area contributed by atoms with Crippen molar-refractivity contribution in [2.24, 2.45) is 0 Å². The average molecular weight is 354 g/mol. The van der Waals surface area contributed by atoms with E-state index < -0.39 is 0 Å². The second kappa shape index (κ2) is 6.40. The first-order chi connectivity index (χ1) is 12.7. The van der Waals surface area contributed by atoms with Gasteiger partial charge in [0.1, 0.15) is 0 Å². The molecule has 1 heterocycles. The van der Waals surface area contributed by atoms with E-state index in [4.69, 9.17) is 14.2 Å². The number of phenols is 1. The summed E-state index contributed by atoms with van der Waals surface area (Å²) in [6, 6.07) is 10.6. The largest absolute Gasteiger partial charge is 0.504 e. The Morgan fingerprint density at radius 3 is 2.58 bits per heavy atom. The van der Waals surface area contributed by atoms with Crippen LogP contribution in [0.4, 0.5) is 0 Å². The van der Waals surface area contributed by atoms with Gasteiger partial charge in [-0.15, -0.1) is 0 Å². The minimum Gasteiger partial charge on any atom is -0.504 e. The fraction of sp³-hybridized carbons (Fsp3) is 0.200. The van der Waals surface area contributed by atoms with Crippen molar-refractivity contribution in [3.63, 3.8) is 0 Å². The molecule has 0 aromatic heterocycles. The van der Waals surface area contributed by atoms with Crippen molar-refractivity contribution in [2.75, 3.05) is 13.9 Å². The van der Waals surface area contributed by atoms with Crippen LogP contribution in [-0.2, 0) is 13.2 Å². The zero-order chi connectivity index (χ0) is 18.3. The van der Waals surface area contributed by atoms with Crippen LogP contribution in [0.15, 0.2) is 36.4 Å². The van der Waals surface area contributed by atoms with Crippen LogP contribution in [0, 0.1) is 0 Å². The highest BCUT2D eigenvalue weighted by atomic mass is 16.7. The minimum absolute atomic E-state index is 0.0128. The maximum Gasteiger partial charge on any atom is 0.231 e. The lowest BCUT2D eigenvalue weighted by Gasteiger charge is -2.18. The smallest absolute Gasteiger partial charge is 0.231 e. The number of fused-ring (bicyclic) bond motifs is 3. The van der Waals surface area contributed by atoms with Crippen molar-refractivity contribution in [1.82, 2.24) is 0 Å². The Morgan fingerprint density at radius 1 is 1.04 bits per heavy atom. The van der Waals surface area contributed by atoms with Gasteiger partial charge in [-0.2, -0.15) is 0 Å². The molecule has 3 N–H and O–H groups in total.